The van der Waals surface area contributed by atoms with E-state index in [0.717, 1.165) is 22.4 Å². The van der Waals surface area contributed by atoms with Crippen LogP contribution in [-0.4, -0.2) is 16.4 Å². The van der Waals surface area contributed by atoms with Crippen LogP contribution in [0.1, 0.15) is 12.5 Å². The molecule has 0 unspecified atom stereocenters. The van der Waals surface area contributed by atoms with Gasteiger partial charge in [-0.1, -0.05) is 0 Å². The lowest BCUT2D eigenvalue weighted by atomic mass is 10.1. The minimum atomic E-state index is 0. The van der Waals surface area contributed by atoms with E-state index in [1.54, 1.807) is 10.9 Å². The molecule has 106 valence electrons. The van der Waals surface area contributed by atoms with Crippen LogP contribution in [-0.2, 0) is 13.1 Å². The van der Waals surface area contributed by atoms with E-state index in [-0.39, 0.29) is 19.0 Å². The average Bonchev–Trinajstić information content (AvgIpc) is 2.88. The van der Waals surface area contributed by atoms with Crippen LogP contribution in [0.25, 0.3) is 11.1 Å². The average molecular weight is 293 g/mol. The highest BCUT2D eigenvalue weighted by atomic mass is 35.5. The minimum absolute atomic E-state index is 0. The molecule has 1 aromatic carbocycles. The van der Waals surface area contributed by atoms with Crippen molar-refractivity contribution >= 4 is 12.4 Å². The van der Waals surface area contributed by atoms with Crippen molar-refractivity contribution in [3.05, 3.63) is 36.2 Å². The molecule has 0 aliphatic rings. The maximum Gasteiger partial charge on any atom is 0.128 e. The van der Waals surface area contributed by atoms with Gasteiger partial charge in [-0.25, -0.2) is 0 Å². The summed E-state index contributed by atoms with van der Waals surface area (Å²) in [5.41, 5.74) is 8.65. The lowest BCUT2D eigenvalue weighted by Crippen LogP contribution is -1.99. The van der Waals surface area contributed by atoms with Gasteiger partial charge in [0, 0.05) is 18.3 Å². The quantitative estimate of drug-likeness (QED) is 0.917. The molecule has 0 saturated carbocycles. The number of aromatic nitrogens is 2. The first-order valence-electron chi connectivity index (χ1n) is 6.13. The van der Waals surface area contributed by atoms with Crippen LogP contribution in [0.3, 0.4) is 0 Å². The Bertz CT molecular complexity index is 603. The summed E-state index contributed by atoms with van der Waals surface area (Å²) in [4.78, 5) is 0. The summed E-state index contributed by atoms with van der Waals surface area (Å²) in [5.74, 6) is 0.800. The van der Waals surface area contributed by atoms with Crippen LogP contribution < -0.4 is 10.5 Å². The highest BCUT2D eigenvalue weighted by molar-refractivity contribution is 5.85. The second-order valence-corrected chi connectivity index (χ2v) is 4.09. The molecular weight excluding hydrogens is 276 g/mol. The Labute approximate surface area is 124 Å². The van der Waals surface area contributed by atoms with E-state index in [0.29, 0.717) is 13.2 Å². The van der Waals surface area contributed by atoms with Gasteiger partial charge in [-0.15, -0.1) is 12.4 Å². The van der Waals surface area contributed by atoms with Gasteiger partial charge in [0.1, 0.15) is 12.3 Å². The van der Waals surface area contributed by atoms with Crippen molar-refractivity contribution in [3.8, 4) is 22.9 Å². The fourth-order valence-corrected chi connectivity index (χ4v) is 1.87. The molecular formula is C14H17ClN4O. The van der Waals surface area contributed by atoms with E-state index in [2.05, 4.69) is 11.2 Å². The van der Waals surface area contributed by atoms with Gasteiger partial charge in [-0.3, -0.25) is 4.68 Å². The van der Waals surface area contributed by atoms with Gasteiger partial charge < -0.3 is 10.5 Å². The third-order valence-electron chi connectivity index (χ3n) is 2.71. The number of hydrogen-bond acceptors (Lipinski definition) is 4. The van der Waals surface area contributed by atoms with Gasteiger partial charge in [0.25, 0.3) is 0 Å². The fraction of sp³-hybridized carbons (Fsp3) is 0.286. The number of benzene rings is 1. The molecule has 0 aliphatic carbocycles. The molecule has 5 nitrogen and oxygen atoms in total. The van der Waals surface area contributed by atoms with E-state index in [4.69, 9.17) is 15.7 Å². The summed E-state index contributed by atoms with van der Waals surface area (Å²) >= 11 is 0. The molecule has 1 heterocycles. The Kier molecular flexibility index (Phi) is 6.04. The first-order chi connectivity index (χ1) is 9.26. The Balaban J connectivity index is 0.00000200. The van der Waals surface area contributed by atoms with Crippen molar-refractivity contribution in [2.45, 2.75) is 20.0 Å². The highest BCUT2D eigenvalue weighted by Gasteiger charge is 2.06. The molecule has 0 bridgehead atoms. The van der Waals surface area contributed by atoms with Crippen LogP contribution in [0, 0.1) is 11.3 Å². The lowest BCUT2D eigenvalue weighted by Gasteiger charge is -2.08. The Morgan fingerprint density at radius 1 is 1.35 bits per heavy atom. The summed E-state index contributed by atoms with van der Waals surface area (Å²) < 4.78 is 7.13. The van der Waals surface area contributed by atoms with Crippen LogP contribution in [0.15, 0.2) is 30.6 Å². The molecule has 2 N–H and O–H groups in total. The van der Waals surface area contributed by atoms with E-state index in [9.17, 15) is 0 Å². The second-order valence-electron chi connectivity index (χ2n) is 4.09. The van der Waals surface area contributed by atoms with E-state index >= 15 is 0 Å². The minimum Gasteiger partial charge on any atom is -0.494 e. The molecule has 0 saturated heterocycles. The lowest BCUT2D eigenvalue weighted by molar-refractivity contribution is 0.340. The third-order valence-corrected chi connectivity index (χ3v) is 2.71. The van der Waals surface area contributed by atoms with Gasteiger partial charge >= 0.3 is 0 Å². The van der Waals surface area contributed by atoms with Gasteiger partial charge in [-0.2, -0.15) is 10.4 Å². The standard InChI is InChI=1S/C14H16N4O.ClH/c1-2-19-14-6-11(8-16)5-12(7-14)13-9-17-18(10-13)4-3-15;/h5-7,9-10H,2,4,8,16H2,1H3;1H. The molecule has 0 atom stereocenters. The molecule has 0 radical (unpaired) electrons. The van der Waals surface area contributed by atoms with Crippen molar-refractivity contribution in [1.29, 1.82) is 5.26 Å². The number of nitrogens with zero attached hydrogens (tertiary/aromatic N) is 3. The topological polar surface area (TPSA) is 76.9 Å². The number of nitriles is 1. The van der Waals surface area contributed by atoms with Crippen LogP contribution >= 0.6 is 12.4 Å². The van der Waals surface area contributed by atoms with Gasteiger partial charge in [0.15, 0.2) is 0 Å². The summed E-state index contributed by atoms with van der Waals surface area (Å²) in [6.45, 7) is 3.26. The molecule has 0 amide bonds. The highest BCUT2D eigenvalue weighted by Crippen LogP contribution is 2.26. The Morgan fingerprint density at radius 3 is 2.80 bits per heavy atom. The van der Waals surface area contributed by atoms with E-state index in [1.807, 2.05) is 31.3 Å². The number of nitrogens with two attached hydrogens (primary N) is 1. The first-order valence-corrected chi connectivity index (χ1v) is 6.13. The summed E-state index contributed by atoms with van der Waals surface area (Å²) in [6.07, 6.45) is 3.58. The maximum absolute atomic E-state index is 8.65. The smallest absolute Gasteiger partial charge is 0.128 e. The van der Waals surface area contributed by atoms with Crippen LogP contribution in [0.2, 0.25) is 0 Å². The monoisotopic (exact) mass is 292 g/mol. The molecule has 2 rings (SSSR count). The SMILES string of the molecule is CCOc1cc(CN)cc(-c2cnn(CC#N)c2)c1.Cl. The van der Waals surface area contributed by atoms with Crippen LogP contribution in [0.5, 0.6) is 5.75 Å². The molecule has 6 heteroatoms. The summed E-state index contributed by atoms with van der Waals surface area (Å²) in [7, 11) is 0. The molecule has 0 fully saturated rings. The van der Waals surface area contributed by atoms with Gasteiger partial charge in [0.2, 0.25) is 0 Å². The van der Waals surface area contributed by atoms with Crippen LogP contribution in [0.4, 0.5) is 0 Å². The number of rotatable bonds is 5. The molecule has 20 heavy (non-hydrogen) atoms. The molecule has 0 aliphatic heterocycles. The molecule has 0 spiro atoms. The zero-order chi connectivity index (χ0) is 13.7. The molecule has 1 aromatic heterocycles. The van der Waals surface area contributed by atoms with Gasteiger partial charge in [0.05, 0.1) is 18.9 Å². The van der Waals surface area contributed by atoms with Crippen molar-refractivity contribution < 1.29 is 4.74 Å². The van der Waals surface area contributed by atoms with Crippen molar-refractivity contribution in [2.24, 2.45) is 5.73 Å². The predicted octanol–water partition coefficient (Wildman–Crippen LogP) is 2.35. The van der Waals surface area contributed by atoms with E-state index < -0.39 is 0 Å². The van der Waals surface area contributed by atoms with Gasteiger partial charge in [-0.05, 0) is 36.2 Å². The normalized spacial score (nSPS) is 9.65. The number of hydrogen-bond donors (Lipinski definition) is 1. The first kappa shape index (κ1) is 16.0. The maximum atomic E-state index is 8.65. The second kappa shape index (κ2) is 7.53. The zero-order valence-corrected chi connectivity index (χ0v) is 12.1. The number of ether oxygens (including phenoxy) is 1. The largest absolute Gasteiger partial charge is 0.494 e. The Hall–Kier alpha value is -2.03. The molecule has 2 aromatic rings. The van der Waals surface area contributed by atoms with Crippen molar-refractivity contribution in [1.82, 2.24) is 9.78 Å². The Morgan fingerprint density at radius 2 is 2.15 bits per heavy atom. The van der Waals surface area contributed by atoms with Crippen molar-refractivity contribution in [3.63, 3.8) is 0 Å². The summed E-state index contributed by atoms with van der Waals surface area (Å²) in [6, 6.07) is 7.96. The predicted molar refractivity (Wildman–Crippen MR) is 79.6 cm³/mol. The zero-order valence-electron chi connectivity index (χ0n) is 11.2. The number of halogens is 1. The van der Waals surface area contributed by atoms with Crippen molar-refractivity contribution in [2.75, 3.05) is 6.61 Å². The fourth-order valence-electron chi connectivity index (χ4n) is 1.87. The van der Waals surface area contributed by atoms with E-state index in [1.165, 1.54) is 0 Å². The summed E-state index contributed by atoms with van der Waals surface area (Å²) in [5, 5.41) is 12.8. The third kappa shape index (κ3) is 3.73.